The Labute approximate surface area is 181 Å². The lowest BCUT2D eigenvalue weighted by molar-refractivity contribution is 0.0635. The number of piperidine rings is 1. The van der Waals surface area contributed by atoms with Crippen molar-refractivity contribution in [2.75, 3.05) is 11.9 Å². The van der Waals surface area contributed by atoms with Crippen molar-refractivity contribution < 1.29 is 9.59 Å². The molecule has 6 heteroatoms. The molecule has 3 aromatic rings. The third kappa shape index (κ3) is 4.03. The summed E-state index contributed by atoms with van der Waals surface area (Å²) in [5.41, 5.74) is 3.15. The zero-order chi connectivity index (χ0) is 21.3. The number of aromatic nitrogens is 1. The fraction of sp³-hybridized carbons (Fsp3) is 0.292. The number of benzene rings is 2. The molecule has 0 radical (unpaired) electrons. The standard InChI is InChI=1S/C24H24ClN3O2/c1-15-12-18(24(30)28-11-4-3-6-16(28)2)8-9-21(15)27-23(29)20-14-19(25)13-17-7-5-10-26-22(17)20/h5,7-10,12-14,16H,3-4,6,11H2,1-2H3,(H,27,29). The first-order valence-electron chi connectivity index (χ1n) is 10.2. The Hall–Kier alpha value is -2.92. The summed E-state index contributed by atoms with van der Waals surface area (Å²) in [6, 6.07) is 12.8. The van der Waals surface area contributed by atoms with Crippen LogP contribution in [0, 0.1) is 6.92 Å². The molecule has 1 saturated heterocycles. The summed E-state index contributed by atoms with van der Waals surface area (Å²) in [5, 5.41) is 4.23. The highest BCUT2D eigenvalue weighted by atomic mass is 35.5. The highest BCUT2D eigenvalue weighted by Crippen LogP contribution is 2.25. The van der Waals surface area contributed by atoms with Crippen LogP contribution in [0.4, 0.5) is 5.69 Å². The number of hydrogen-bond acceptors (Lipinski definition) is 3. The molecule has 0 spiro atoms. The van der Waals surface area contributed by atoms with Crippen molar-refractivity contribution in [3.63, 3.8) is 0 Å². The Balaban J connectivity index is 1.57. The number of anilines is 1. The van der Waals surface area contributed by atoms with Crippen LogP contribution in [0.25, 0.3) is 10.9 Å². The maximum absolute atomic E-state index is 13.0. The Morgan fingerprint density at radius 2 is 2.00 bits per heavy atom. The average Bonchev–Trinajstić information content (AvgIpc) is 2.74. The largest absolute Gasteiger partial charge is 0.336 e. The van der Waals surface area contributed by atoms with Gasteiger partial charge < -0.3 is 10.2 Å². The minimum Gasteiger partial charge on any atom is -0.336 e. The lowest BCUT2D eigenvalue weighted by atomic mass is 10.0. The monoisotopic (exact) mass is 421 g/mol. The fourth-order valence-electron chi connectivity index (χ4n) is 4.02. The molecule has 2 aromatic carbocycles. The van der Waals surface area contributed by atoms with Gasteiger partial charge in [0, 0.05) is 40.4 Å². The molecule has 30 heavy (non-hydrogen) atoms. The van der Waals surface area contributed by atoms with Gasteiger partial charge in [0.1, 0.15) is 0 Å². The summed E-state index contributed by atoms with van der Waals surface area (Å²) in [4.78, 5) is 32.2. The number of fused-ring (bicyclic) bond motifs is 1. The summed E-state index contributed by atoms with van der Waals surface area (Å²) in [7, 11) is 0. The number of carbonyl (C=O) groups excluding carboxylic acids is 2. The van der Waals surface area contributed by atoms with Gasteiger partial charge in [0.15, 0.2) is 0 Å². The highest BCUT2D eigenvalue weighted by Gasteiger charge is 2.24. The van der Waals surface area contributed by atoms with E-state index in [4.69, 9.17) is 11.6 Å². The van der Waals surface area contributed by atoms with Crippen LogP contribution in [0.15, 0.2) is 48.7 Å². The third-order valence-corrected chi connectivity index (χ3v) is 5.92. The van der Waals surface area contributed by atoms with Crippen LogP contribution in [-0.2, 0) is 0 Å². The number of aryl methyl sites for hydroxylation is 1. The van der Waals surface area contributed by atoms with Crippen LogP contribution in [-0.4, -0.2) is 34.3 Å². The van der Waals surface area contributed by atoms with Gasteiger partial charge in [0.2, 0.25) is 0 Å². The highest BCUT2D eigenvalue weighted by molar-refractivity contribution is 6.32. The van der Waals surface area contributed by atoms with Gasteiger partial charge in [-0.1, -0.05) is 17.7 Å². The van der Waals surface area contributed by atoms with Crippen molar-refractivity contribution >= 4 is 40.0 Å². The maximum atomic E-state index is 13.0. The number of hydrogen-bond donors (Lipinski definition) is 1. The third-order valence-electron chi connectivity index (χ3n) is 5.70. The lowest BCUT2D eigenvalue weighted by Crippen LogP contribution is -2.42. The molecule has 1 aliphatic heterocycles. The fourth-order valence-corrected chi connectivity index (χ4v) is 4.25. The van der Waals surface area contributed by atoms with E-state index in [1.165, 1.54) is 6.42 Å². The molecule has 4 rings (SSSR count). The van der Waals surface area contributed by atoms with Gasteiger partial charge in [0.25, 0.3) is 11.8 Å². The Morgan fingerprint density at radius 1 is 1.17 bits per heavy atom. The quantitative estimate of drug-likeness (QED) is 0.610. The van der Waals surface area contributed by atoms with Crippen molar-refractivity contribution in [1.29, 1.82) is 0 Å². The molecule has 1 fully saturated rings. The predicted octanol–water partition coefficient (Wildman–Crippen LogP) is 5.46. The topological polar surface area (TPSA) is 62.3 Å². The molecular formula is C24H24ClN3O2. The molecule has 1 N–H and O–H groups in total. The van der Waals surface area contributed by atoms with Gasteiger partial charge >= 0.3 is 0 Å². The number of likely N-dealkylation sites (tertiary alicyclic amines) is 1. The lowest BCUT2D eigenvalue weighted by Gasteiger charge is -2.33. The van der Waals surface area contributed by atoms with Crippen LogP contribution < -0.4 is 5.32 Å². The number of pyridine rings is 1. The van der Waals surface area contributed by atoms with Gasteiger partial charge in [-0.15, -0.1) is 0 Å². The van der Waals surface area contributed by atoms with Crippen LogP contribution in [0.2, 0.25) is 5.02 Å². The van der Waals surface area contributed by atoms with E-state index in [0.717, 1.165) is 30.3 Å². The number of nitrogens with one attached hydrogen (secondary N) is 1. The van der Waals surface area contributed by atoms with Gasteiger partial charge in [-0.05, 0) is 75.1 Å². The van der Waals surface area contributed by atoms with E-state index in [2.05, 4.69) is 17.2 Å². The summed E-state index contributed by atoms with van der Waals surface area (Å²) in [6.45, 7) is 4.79. The Bertz CT molecular complexity index is 1130. The van der Waals surface area contributed by atoms with Crippen molar-refractivity contribution in [3.8, 4) is 0 Å². The zero-order valence-corrected chi connectivity index (χ0v) is 17.9. The molecule has 0 aliphatic carbocycles. The van der Waals surface area contributed by atoms with Crippen molar-refractivity contribution in [2.45, 2.75) is 39.2 Å². The second-order valence-corrected chi connectivity index (χ2v) is 8.29. The van der Waals surface area contributed by atoms with E-state index in [0.29, 0.717) is 27.4 Å². The molecule has 1 aromatic heterocycles. The van der Waals surface area contributed by atoms with Crippen molar-refractivity contribution in [3.05, 3.63) is 70.4 Å². The molecule has 1 atom stereocenters. The molecule has 2 amide bonds. The van der Waals surface area contributed by atoms with Crippen LogP contribution >= 0.6 is 11.6 Å². The minimum atomic E-state index is -0.284. The maximum Gasteiger partial charge on any atom is 0.257 e. The average molecular weight is 422 g/mol. The normalized spacial score (nSPS) is 16.5. The first kappa shape index (κ1) is 20.4. The Morgan fingerprint density at radius 3 is 2.77 bits per heavy atom. The molecular weight excluding hydrogens is 398 g/mol. The number of amides is 2. The van der Waals surface area contributed by atoms with Crippen molar-refractivity contribution in [1.82, 2.24) is 9.88 Å². The number of carbonyl (C=O) groups is 2. The van der Waals surface area contributed by atoms with E-state index in [9.17, 15) is 9.59 Å². The second kappa shape index (κ2) is 8.44. The van der Waals surface area contributed by atoms with Gasteiger partial charge in [-0.2, -0.15) is 0 Å². The van der Waals surface area contributed by atoms with Crippen molar-refractivity contribution in [2.24, 2.45) is 0 Å². The number of halogens is 1. The van der Waals surface area contributed by atoms with E-state index in [1.807, 2.05) is 30.0 Å². The van der Waals surface area contributed by atoms with E-state index >= 15 is 0 Å². The van der Waals surface area contributed by atoms with Crippen LogP contribution in [0.3, 0.4) is 0 Å². The van der Waals surface area contributed by atoms with E-state index < -0.39 is 0 Å². The summed E-state index contributed by atoms with van der Waals surface area (Å²) < 4.78 is 0. The summed E-state index contributed by atoms with van der Waals surface area (Å²) in [5.74, 6) is -0.235. The molecule has 1 unspecified atom stereocenters. The number of nitrogens with zero attached hydrogens (tertiary/aromatic N) is 2. The van der Waals surface area contributed by atoms with Gasteiger partial charge in [0.05, 0.1) is 11.1 Å². The SMILES string of the molecule is Cc1cc(C(=O)N2CCCCC2C)ccc1NC(=O)c1cc(Cl)cc2cccnc12. The Kier molecular flexibility index (Phi) is 5.73. The molecule has 154 valence electrons. The zero-order valence-electron chi connectivity index (χ0n) is 17.1. The molecule has 5 nitrogen and oxygen atoms in total. The van der Waals surface area contributed by atoms with Gasteiger partial charge in [-0.25, -0.2) is 0 Å². The van der Waals surface area contributed by atoms with Gasteiger partial charge in [-0.3, -0.25) is 14.6 Å². The first-order chi connectivity index (χ1) is 14.4. The number of rotatable bonds is 3. The predicted molar refractivity (Wildman–Crippen MR) is 120 cm³/mol. The molecule has 0 bridgehead atoms. The first-order valence-corrected chi connectivity index (χ1v) is 10.6. The molecule has 2 heterocycles. The summed E-state index contributed by atoms with van der Waals surface area (Å²) in [6.07, 6.45) is 4.91. The second-order valence-electron chi connectivity index (χ2n) is 7.86. The summed E-state index contributed by atoms with van der Waals surface area (Å²) >= 11 is 6.19. The van der Waals surface area contributed by atoms with Crippen LogP contribution in [0.5, 0.6) is 0 Å². The smallest absolute Gasteiger partial charge is 0.257 e. The van der Waals surface area contributed by atoms with E-state index in [-0.39, 0.29) is 17.9 Å². The molecule has 0 saturated carbocycles. The minimum absolute atomic E-state index is 0.0493. The van der Waals surface area contributed by atoms with E-state index in [1.54, 1.807) is 30.5 Å². The molecule has 1 aliphatic rings. The van der Waals surface area contributed by atoms with Crippen LogP contribution in [0.1, 0.15) is 52.5 Å².